The average molecular weight is 210 g/mol. The predicted molar refractivity (Wildman–Crippen MR) is 60.3 cm³/mol. The summed E-state index contributed by atoms with van der Waals surface area (Å²) in [4.78, 5) is 8.56. The lowest BCUT2D eigenvalue weighted by Gasteiger charge is -2.03. The van der Waals surface area contributed by atoms with Crippen molar-refractivity contribution in [3.05, 3.63) is 35.9 Å². The molecule has 0 spiro atoms. The molecule has 0 aliphatic heterocycles. The van der Waals surface area contributed by atoms with Gasteiger partial charge in [0, 0.05) is 0 Å². The Morgan fingerprint density at radius 2 is 1.67 bits per heavy atom. The zero-order chi connectivity index (χ0) is 11.7. The number of carbonyl (C=O) groups is 1. The lowest BCUT2D eigenvalue weighted by Crippen LogP contribution is -1.91. The highest BCUT2D eigenvalue weighted by atomic mass is 16.6. The fraction of sp³-hybridized carbons (Fsp3) is 0.417. The lowest BCUT2D eigenvalue weighted by atomic mass is 10.0. The van der Waals surface area contributed by atoms with Crippen LogP contribution in [-0.2, 0) is 6.42 Å². The molecular weight excluding hydrogens is 192 g/mol. The standard InChI is InChI=1S/C11H16.CH2O3/c1-10(2)8-9-11-6-4-3-5-7-11;2-1(3)4/h3-7,10H,8-9H2,1-2H3;(H2,2,3,4). The summed E-state index contributed by atoms with van der Waals surface area (Å²) in [5.41, 5.74) is 1.46. The minimum absolute atomic E-state index is 0.815. The van der Waals surface area contributed by atoms with E-state index in [1.807, 2.05) is 0 Å². The molecule has 1 aromatic rings. The second-order valence-electron chi connectivity index (χ2n) is 3.70. The Labute approximate surface area is 90.4 Å². The Morgan fingerprint density at radius 1 is 1.20 bits per heavy atom. The number of hydrogen-bond acceptors (Lipinski definition) is 1. The minimum atomic E-state index is -1.83. The van der Waals surface area contributed by atoms with Crippen molar-refractivity contribution < 1.29 is 15.0 Å². The van der Waals surface area contributed by atoms with Crippen molar-refractivity contribution in [1.29, 1.82) is 0 Å². The number of carboxylic acid groups (broad SMARTS) is 2. The first-order valence-electron chi connectivity index (χ1n) is 4.98. The van der Waals surface area contributed by atoms with E-state index in [4.69, 9.17) is 15.0 Å². The van der Waals surface area contributed by atoms with Gasteiger partial charge in [-0.1, -0.05) is 44.2 Å². The molecule has 0 unspecified atom stereocenters. The Morgan fingerprint density at radius 3 is 2.07 bits per heavy atom. The molecule has 0 atom stereocenters. The number of hydrogen-bond donors (Lipinski definition) is 2. The lowest BCUT2D eigenvalue weighted by molar-refractivity contribution is 0.137. The van der Waals surface area contributed by atoms with Crippen molar-refractivity contribution in [3.8, 4) is 0 Å². The molecule has 0 fully saturated rings. The quantitative estimate of drug-likeness (QED) is 0.802. The monoisotopic (exact) mass is 210 g/mol. The third kappa shape index (κ3) is 10.4. The maximum Gasteiger partial charge on any atom is 0.503 e. The Hall–Kier alpha value is -1.51. The van der Waals surface area contributed by atoms with Gasteiger partial charge in [0.05, 0.1) is 0 Å². The van der Waals surface area contributed by atoms with E-state index >= 15 is 0 Å². The topological polar surface area (TPSA) is 57.5 Å². The van der Waals surface area contributed by atoms with Crippen molar-refractivity contribution in [3.63, 3.8) is 0 Å². The molecule has 0 heterocycles. The molecule has 1 aromatic carbocycles. The second kappa shape index (κ2) is 7.85. The van der Waals surface area contributed by atoms with Gasteiger partial charge in [0.15, 0.2) is 0 Å². The highest BCUT2D eigenvalue weighted by Crippen LogP contribution is 2.07. The van der Waals surface area contributed by atoms with Gasteiger partial charge in [0.1, 0.15) is 0 Å². The van der Waals surface area contributed by atoms with Crippen molar-refractivity contribution in [2.75, 3.05) is 0 Å². The minimum Gasteiger partial charge on any atom is -0.450 e. The van der Waals surface area contributed by atoms with Crippen LogP contribution in [0.5, 0.6) is 0 Å². The molecule has 0 saturated heterocycles. The normalized spacial score (nSPS) is 9.27. The van der Waals surface area contributed by atoms with E-state index in [2.05, 4.69) is 44.2 Å². The average Bonchev–Trinajstić information content (AvgIpc) is 2.15. The van der Waals surface area contributed by atoms with Crippen molar-refractivity contribution in [2.45, 2.75) is 26.7 Å². The summed E-state index contributed by atoms with van der Waals surface area (Å²) >= 11 is 0. The molecular formula is C12H18O3. The van der Waals surface area contributed by atoms with Gasteiger partial charge in [-0.3, -0.25) is 0 Å². The summed E-state index contributed by atoms with van der Waals surface area (Å²) in [5.74, 6) is 0.815. The summed E-state index contributed by atoms with van der Waals surface area (Å²) in [5, 5.41) is 13.9. The summed E-state index contributed by atoms with van der Waals surface area (Å²) in [6, 6.07) is 10.7. The third-order valence-electron chi connectivity index (χ3n) is 1.85. The fourth-order valence-corrected chi connectivity index (χ4v) is 1.10. The maximum atomic E-state index is 8.56. The van der Waals surface area contributed by atoms with Gasteiger partial charge < -0.3 is 10.2 Å². The first-order chi connectivity index (χ1) is 7.02. The summed E-state index contributed by atoms with van der Waals surface area (Å²) < 4.78 is 0. The van der Waals surface area contributed by atoms with E-state index < -0.39 is 6.16 Å². The Balaban J connectivity index is 0.000000423. The van der Waals surface area contributed by atoms with Crippen LogP contribution >= 0.6 is 0 Å². The molecule has 0 amide bonds. The Kier molecular flexibility index (Phi) is 7.06. The van der Waals surface area contributed by atoms with Crippen LogP contribution in [0.4, 0.5) is 4.79 Å². The largest absolute Gasteiger partial charge is 0.503 e. The van der Waals surface area contributed by atoms with Gasteiger partial charge in [-0.15, -0.1) is 0 Å². The van der Waals surface area contributed by atoms with E-state index in [0.717, 1.165) is 5.92 Å². The predicted octanol–water partition coefficient (Wildman–Crippen LogP) is 3.50. The summed E-state index contributed by atoms with van der Waals surface area (Å²) in [6.45, 7) is 4.53. The number of benzene rings is 1. The zero-order valence-electron chi connectivity index (χ0n) is 9.18. The van der Waals surface area contributed by atoms with E-state index in [-0.39, 0.29) is 0 Å². The highest BCUT2D eigenvalue weighted by molar-refractivity contribution is 5.53. The molecule has 0 aliphatic carbocycles. The SMILES string of the molecule is CC(C)CCc1ccccc1.O=C(O)O. The fourth-order valence-electron chi connectivity index (χ4n) is 1.10. The maximum absolute atomic E-state index is 8.56. The van der Waals surface area contributed by atoms with Crippen LogP contribution in [0.25, 0.3) is 0 Å². The van der Waals surface area contributed by atoms with Crippen LogP contribution in [0.2, 0.25) is 0 Å². The van der Waals surface area contributed by atoms with Crippen LogP contribution in [0.3, 0.4) is 0 Å². The molecule has 0 aliphatic rings. The van der Waals surface area contributed by atoms with Crippen molar-refractivity contribution >= 4 is 6.16 Å². The molecule has 84 valence electrons. The van der Waals surface area contributed by atoms with Crippen molar-refractivity contribution in [1.82, 2.24) is 0 Å². The molecule has 0 bridgehead atoms. The van der Waals surface area contributed by atoms with Gasteiger partial charge in [-0.25, -0.2) is 4.79 Å². The second-order valence-corrected chi connectivity index (χ2v) is 3.70. The van der Waals surface area contributed by atoms with Gasteiger partial charge in [0.25, 0.3) is 0 Å². The molecule has 2 N–H and O–H groups in total. The van der Waals surface area contributed by atoms with Gasteiger partial charge >= 0.3 is 6.16 Å². The van der Waals surface area contributed by atoms with E-state index in [0.29, 0.717) is 0 Å². The summed E-state index contributed by atoms with van der Waals surface area (Å²) in [6.07, 6.45) is 0.683. The van der Waals surface area contributed by atoms with Crippen LogP contribution < -0.4 is 0 Å². The number of rotatable bonds is 3. The summed E-state index contributed by atoms with van der Waals surface area (Å²) in [7, 11) is 0. The number of aryl methyl sites for hydroxylation is 1. The zero-order valence-corrected chi connectivity index (χ0v) is 9.18. The smallest absolute Gasteiger partial charge is 0.450 e. The Bertz CT molecular complexity index is 263. The van der Waals surface area contributed by atoms with Crippen LogP contribution in [0, 0.1) is 5.92 Å². The first kappa shape index (κ1) is 13.5. The van der Waals surface area contributed by atoms with Gasteiger partial charge in [0.2, 0.25) is 0 Å². The van der Waals surface area contributed by atoms with Crippen LogP contribution in [-0.4, -0.2) is 16.4 Å². The highest BCUT2D eigenvalue weighted by Gasteiger charge is 1.94. The van der Waals surface area contributed by atoms with E-state index in [1.165, 1.54) is 18.4 Å². The van der Waals surface area contributed by atoms with Crippen LogP contribution in [0.15, 0.2) is 30.3 Å². The van der Waals surface area contributed by atoms with E-state index in [1.54, 1.807) is 0 Å². The first-order valence-corrected chi connectivity index (χ1v) is 4.98. The molecule has 0 aromatic heterocycles. The molecule has 0 radical (unpaired) electrons. The van der Waals surface area contributed by atoms with Gasteiger partial charge in [-0.2, -0.15) is 0 Å². The molecule has 1 rings (SSSR count). The molecule has 3 heteroatoms. The van der Waals surface area contributed by atoms with E-state index in [9.17, 15) is 0 Å². The van der Waals surface area contributed by atoms with Gasteiger partial charge in [-0.05, 0) is 24.3 Å². The third-order valence-corrected chi connectivity index (χ3v) is 1.85. The molecule has 15 heavy (non-hydrogen) atoms. The van der Waals surface area contributed by atoms with Crippen LogP contribution in [0.1, 0.15) is 25.8 Å². The van der Waals surface area contributed by atoms with Crippen molar-refractivity contribution in [2.24, 2.45) is 5.92 Å². The molecule has 0 saturated carbocycles. The molecule has 3 nitrogen and oxygen atoms in total.